The second kappa shape index (κ2) is 5.67. The highest BCUT2D eigenvalue weighted by Crippen LogP contribution is 2.51. The molecule has 0 unspecified atom stereocenters. The summed E-state index contributed by atoms with van der Waals surface area (Å²) >= 11 is 7.35. The summed E-state index contributed by atoms with van der Waals surface area (Å²) in [6.45, 7) is 0. The SMILES string of the molecule is COc1ccc(Br)c2c3c(c(-c4nc5c(OC)ccc(Br)c5c5c4C5)nc12)C3. The zero-order chi connectivity index (χ0) is 19.2. The summed E-state index contributed by atoms with van der Waals surface area (Å²) in [5.74, 6) is 1.58. The van der Waals surface area contributed by atoms with Crippen LogP contribution in [0, 0.1) is 0 Å². The Morgan fingerprint density at radius 2 is 1.11 bits per heavy atom. The topological polar surface area (TPSA) is 44.2 Å². The van der Waals surface area contributed by atoms with E-state index in [2.05, 4.69) is 31.9 Å². The first kappa shape index (κ1) is 16.7. The lowest BCUT2D eigenvalue weighted by molar-refractivity contribution is 0.418. The minimum absolute atomic E-state index is 0.788. The third kappa shape index (κ3) is 2.16. The van der Waals surface area contributed by atoms with Crippen molar-refractivity contribution < 1.29 is 9.47 Å². The van der Waals surface area contributed by atoms with Crippen LogP contribution >= 0.6 is 31.9 Å². The van der Waals surface area contributed by atoms with Crippen LogP contribution in [0.3, 0.4) is 0 Å². The number of methoxy groups -OCH3 is 2. The van der Waals surface area contributed by atoms with Crippen LogP contribution in [0.15, 0.2) is 33.2 Å². The van der Waals surface area contributed by atoms with E-state index in [4.69, 9.17) is 19.4 Å². The summed E-state index contributed by atoms with van der Waals surface area (Å²) in [6.07, 6.45) is 1.89. The van der Waals surface area contributed by atoms with Gasteiger partial charge in [0.15, 0.2) is 0 Å². The highest BCUT2D eigenvalue weighted by atomic mass is 79.9. The summed E-state index contributed by atoms with van der Waals surface area (Å²) in [5, 5.41) is 2.31. The lowest BCUT2D eigenvalue weighted by Gasteiger charge is -2.10. The smallest absolute Gasteiger partial charge is 0.145 e. The predicted octanol–water partition coefficient (Wildman–Crippen LogP) is 5.80. The number of ether oxygens (including phenoxy) is 2. The molecule has 0 N–H and O–H groups in total. The molecule has 0 saturated carbocycles. The molecule has 2 aliphatic carbocycles. The standard InChI is InChI=1S/C22H14Br2N2O2/c1-27-15-5-3-13(23)17-9-7-11(9)19(25-21(15)17)20-12-8-10(12)18-14(24)4-6-16(28-2)22(18)26-20/h3-6H,7-8H2,1-2H3. The first-order chi connectivity index (χ1) is 13.6. The van der Waals surface area contributed by atoms with Gasteiger partial charge in [-0.05, 0) is 46.5 Å². The molecule has 2 aromatic carbocycles. The largest absolute Gasteiger partial charge is 0.494 e. The van der Waals surface area contributed by atoms with Crippen molar-refractivity contribution in [2.75, 3.05) is 14.2 Å². The summed E-state index contributed by atoms with van der Waals surface area (Å²) in [4.78, 5) is 10.1. The van der Waals surface area contributed by atoms with Crippen LogP contribution in [0.2, 0.25) is 0 Å². The number of hydrogen-bond acceptors (Lipinski definition) is 4. The molecule has 6 rings (SSSR count). The Labute approximate surface area is 178 Å². The Morgan fingerprint density at radius 3 is 1.50 bits per heavy atom. The van der Waals surface area contributed by atoms with Crippen LogP contribution in [0.25, 0.3) is 33.2 Å². The van der Waals surface area contributed by atoms with Crippen molar-refractivity contribution in [3.8, 4) is 22.9 Å². The number of halogens is 2. The second-order valence-corrected chi connectivity index (χ2v) is 8.84. The van der Waals surface area contributed by atoms with E-state index in [1.807, 2.05) is 24.3 Å². The highest BCUT2D eigenvalue weighted by Gasteiger charge is 2.35. The van der Waals surface area contributed by atoms with Crippen molar-refractivity contribution in [3.05, 3.63) is 55.5 Å². The van der Waals surface area contributed by atoms with Gasteiger partial charge in [-0.25, -0.2) is 9.97 Å². The van der Waals surface area contributed by atoms with Gasteiger partial charge in [0.1, 0.15) is 22.5 Å². The van der Waals surface area contributed by atoms with Gasteiger partial charge in [-0.15, -0.1) is 0 Å². The molecule has 0 atom stereocenters. The quantitative estimate of drug-likeness (QED) is 0.310. The lowest BCUT2D eigenvalue weighted by atomic mass is 10.1. The van der Waals surface area contributed by atoms with Gasteiger partial charge in [-0.3, -0.25) is 0 Å². The van der Waals surface area contributed by atoms with Crippen molar-refractivity contribution in [3.63, 3.8) is 0 Å². The van der Waals surface area contributed by atoms with Gasteiger partial charge in [0.2, 0.25) is 0 Å². The van der Waals surface area contributed by atoms with Crippen molar-refractivity contribution in [2.24, 2.45) is 0 Å². The van der Waals surface area contributed by atoms with Gasteiger partial charge < -0.3 is 9.47 Å². The van der Waals surface area contributed by atoms with E-state index in [1.165, 1.54) is 22.3 Å². The fraction of sp³-hybridized carbons (Fsp3) is 0.182. The van der Waals surface area contributed by atoms with Crippen molar-refractivity contribution in [1.82, 2.24) is 9.97 Å². The zero-order valence-corrected chi connectivity index (χ0v) is 18.4. The second-order valence-electron chi connectivity index (χ2n) is 7.14. The molecule has 138 valence electrons. The minimum Gasteiger partial charge on any atom is -0.494 e. The number of nitrogens with zero attached hydrogens (tertiary/aromatic N) is 2. The molecule has 0 bridgehead atoms. The van der Waals surface area contributed by atoms with E-state index in [-0.39, 0.29) is 0 Å². The average Bonchev–Trinajstić information content (AvgIpc) is 3.60. The van der Waals surface area contributed by atoms with Crippen LogP contribution in [0.5, 0.6) is 11.5 Å². The molecule has 0 radical (unpaired) electrons. The Hall–Kier alpha value is -2.18. The highest BCUT2D eigenvalue weighted by molar-refractivity contribution is 9.11. The Balaban J connectivity index is 1.68. The van der Waals surface area contributed by atoms with E-state index in [0.717, 1.165) is 66.5 Å². The molecule has 28 heavy (non-hydrogen) atoms. The van der Waals surface area contributed by atoms with Crippen molar-refractivity contribution in [2.45, 2.75) is 12.8 Å². The maximum absolute atomic E-state index is 5.59. The molecule has 4 aromatic rings. The molecule has 0 amide bonds. The van der Waals surface area contributed by atoms with Gasteiger partial charge in [0, 0.05) is 32.6 Å². The molecule has 2 heterocycles. The molecule has 2 aliphatic rings. The molecule has 0 aliphatic heterocycles. The molecule has 4 nitrogen and oxygen atoms in total. The lowest BCUT2D eigenvalue weighted by Crippen LogP contribution is -1.94. The van der Waals surface area contributed by atoms with E-state index < -0.39 is 0 Å². The molecule has 0 saturated heterocycles. The fourth-order valence-corrected chi connectivity index (χ4v) is 5.29. The van der Waals surface area contributed by atoms with Gasteiger partial charge in [0.05, 0.1) is 25.6 Å². The Bertz CT molecular complexity index is 1260. The van der Waals surface area contributed by atoms with Crippen molar-refractivity contribution >= 4 is 53.7 Å². The van der Waals surface area contributed by atoms with Crippen LogP contribution in [-0.2, 0) is 12.8 Å². The van der Waals surface area contributed by atoms with E-state index in [0.29, 0.717) is 0 Å². The normalized spacial score (nSPS) is 13.4. The zero-order valence-electron chi connectivity index (χ0n) is 15.2. The summed E-state index contributed by atoms with van der Waals surface area (Å²) in [7, 11) is 3.38. The third-order valence-corrected chi connectivity index (χ3v) is 6.97. The Kier molecular flexibility index (Phi) is 3.39. The molecule has 0 fully saturated rings. The fourth-order valence-electron chi connectivity index (χ4n) is 4.17. The summed E-state index contributed by atoms with van der Waals surface area (Å²) in [5.41, 5.74) is 8.99. The average molecular weight is 498 g/mol. The van der Waals surface area contributed by atoms with E-state index in [1.54, 1.807) is 14.2 Å². The molecule has 6 heteroatoms. The predicted molar refractivity (Wildman–Crippen MR) is 117 cm³/mol. The number of pyridine rings is 2. The van der Waals surface area contributed by atoms with E-state index >= 15 is 0 Å². The number of rotatable bonds is 3. The van der Waals surface area contributed by atoms with E-state index in [9.17, 15) is 0 Å². The van der Waals surface area contributed by atoms with Crippen LogP contribution < -0.4 is 9.47 Å². The molecule has 0 spiro atoms. The maximum Gasteiger partial charge on any atom is 0.145 e. The maximum atomic E-state index is 5.59. The molecular formula is C22H14Br2N2O2. The number of hydrogen-bond donors (Lipinski definition) is 0. The van der Waals surface area contributed by atoms with Gasteiger partial charge in [0.25, 0.3) is 0 Å². The monoisotopic (exact) mass is 496 g/mol. The number of aromatic nitrogens is 2. The van der Waals surface area contributed by atoms with Crippen LogP contribution in [-0.4, -0.2) is 24.2 Å². The molecule has 2 aromatic heterocycles. The first-order valence-electron chi connectivity index (χ1n) is 8.98. The Morgan fingerprint density at radius 1 is 0.679 bits per heavy atom. The van der Waals surface area contributed by atoms with Gasteiger partial charge in [-0.2, -0.15) is 0 Å². The van der Waals surface area contributed by atoms with Gasteiger partial charge in [-0.1, -0.05) is 31.9 Å². The number of benzene rings is 2. The van der Waals surface area contributed by atoms with Crippen LogP contribution in [0.1, 0.15) is 22.3 Å². The third-order valence-electron chi connectivity index (χ3n) is 5.65. The molecular weight excluding hydrogens is 484 g/mol. The summed E-state index contributed by atoms with van der Waals surface area (Å²) in [6, 6.07) is 7.97. The number of fused-ring (bicyclic) bond motifs is 6. The van der Waals surface area contributed by atoms with Crippen molar-refractivity contribution in [1.29, 1.82) is 0 Å². The minimum atomic E-state index is 0.788. The summed E-state index contributed by atoms with van der Waals surface area (Å²) < 4.78 is 13.3. The van der Waals surface area contributed by atoms with Gasteiger partial charge >= 0.3 is 0 Å². The van der Waals surface area contributed by atoms with Crippen LogP contribution in [0.4, 0.5) is 0 Å². The first-order valence-corrected chi connectivity index (χ1v) is 10.6.